The zero-order chi connectivity index (χ0) is 12.7. The molecule has 0 aliphatic rings. The summed E-state index contributed by atoms with van der Waals surface area (Å²) in [6.07, 6.45) is 2.86. The van der Waals surface area contributed by atoms with Crippen LogP contribution in [0.3, 0.4) is 0 Å². The molecule has 17 heavy (non-hydrogen) atoms. The van der Waals surface area contributed by atoms with E-state index >= 15 is 0 Å². The van der Waals surface area contributed by atoms with Crippen LogP contribution in [0.2, 0.25) is 0 Å². The fourth-order valence-electron chi connectivity index (χ4n) is 1.78. The average Bonchev–Trinajstić information content (AvgIpc) is 2.39. The first-order valence-corrected chi connectivity index (χ1v) is 6.04. The molecule has 0 radical (unpaired) electrons. The van der Waals surface area contributed by atoms with Gasteiger partial charge in [0.15, 0.2) is 0 Å². The van der Waals surface area contributed by atoms with Crippen LogP contribution in [-0.4, -0.2) is 13.1 Å². The van der Waals surface area contributed by atoms with Crippen molar-refractivity contribution in [3.8, 4) is 0 Å². The van der Waals surface area contributed by atoms with Crippen molar-refractivity contribution in [1.29, 1.82) is 0 Å². The average molecular weight is 232 g/mol. The Morgan fingerprint density at radius 2 is 1.88 bits per heavy atom. The fraction of sp³-hybridized carbons (Fsp3) is 0.400. The van der Waals surface area contributed by atoms with Gasteiger partial charge < -0.3 is 4.74 Å². The number of hydrogen-bond acceptors (Lipinski definition) is 2. The Morgan fingerprint density at radius 3 is 2.41 bits per heavy atom. The van der Waals surface area contributed by atoms with Crippen molar-refractivity contribution in [2.75, 3.05) is 7.11 Å². The van der Waals surface area contributed by atoms with Crippen LogP contribution >= 0.6 is 0 Å². The van der Waals surface area contributed by atoms with Gasteiger partial charge in [-0.25, -0.2) is 4.79 Å². The lowest BCUT2D eigenvalue weighted by Crippen LogP contribution is -2.07. The SMILES string of the molecule is CCCC/C(C(=O)OC)=C(/C)c1ccccc1. The summed E-state index contributed by atoms with van der Waals surface area (Å²) < 4.78 is 4.86. The van der Waals surface area contributed by atoms with Gasteiger partial charge in [0, 0.05) is 5.57 Å². The molecule has 0 N–H and O–H groups in total. The van der Waals surface area contributed by atoms with Gasteiger partial charge >= 0.3 is 5.97 Å². The Bertz CT molecular complexity index is 391. The normalized spacial score (nSPS) is 11.9. The number of benzene rings is 1. The Hall–Kier alpha value is -1.57. The Morgan fingerprint density at radius 1 is 1.24 bits per heavy atom. The van der Waals surface area contributed by atoms with Crippen molar-refractivity contribution in [3.05, 3.63) is 41.5 Å². The molecule has 0 aliphatic carbocycles. The Balaban J connectivity index is 3.04. The second kappa shape index (κ2) is 6.89. The van der Waals surface area contributed by atoms with E-state index in [0.29, 0.717) is 0 Å². The number of allylic oxidation sites excluding steroid dienone is 1. The maximum atomic E-state index is 11.8. The largest absolute Gasteiger partial charge is 0.466 e. The third-order valence-electron chi connectivity index (χ3n) is 2.87. The second-order valence-electron chi connectivity index (χ2n) is 4.06. The van der Waals surface area contributed by atoms with Crippen LogP contribution < -0.4 is 0 Å². The van der Waals surface area contributed by atoms with E-state index in [9.17, 15) is 4.79 Å². The van der Waals surface area contributed by atoms with E-state index in [0.717, 1.165) is 36.0 Å². The lowest BCUT2D eigenvalue weighted by Gasteiger charge is -2.10. The van der Waals surface area contributed by atoms with Gasteiger partial charge in [-0.05, 0) is 30.9 Å². The molecular weight excluding hydrogens is 212 g/mol. The first kappa shape index (κ1) is 13.5. The molecule has 0 unspecified atom stereocenters. The van der Waals surface area contributed by atoms with Crippen molar-refractivity contribution in [3.63, 3.8) is 0 Å². The monoisotopic (exact) mass is 232 g/mol. The van der Waals surface area contributed by atoms with Gasteiger partial charge in [-0.2, -0.15) is 0 Å². The van der Waals surface area contributed by atoms with Gasteiger partial charge in [-0.3, -0.25) is 0 Å². The van der Waals surface area contributed by atoms with E-state index in [1.54, 1.807) is 0 Å². The molecule has 0 saturated carbocycles. The lowest BCUT2D eigenvalue weighted by atomic mass is 9.97. The summed E-state index contributed by atoms with van der Waals surface area (Å²) in [7, 11) is 1.44. The zero-order valence-corrected chi connectivity index (χ0v) is 10.8. The molecular formula is C15H20O2. The maximum absolute atomic E-state index is 11.8. The predicted molar refractivity (Wildman–Crippen MR) is 70.6 cm³/mol. The summed E-state index contributed by atoms with van der Waals surface area (Å²) in [6.45, 7) is 4.10. The molecule has 0 bridgehead atoms. The van der Waals surface area contributed by atoms with E-state index in [1.165, 1.54) is 7.11 Å². The van der Waals surface area contributed by atoms with E-state index in [-0.39, 0.29) is 5.97 Å². The molecule has 1 aromatic rings. The molecule has 0 spiro atoms. The van der Waals surface area contributed by atoms with Gasteiger partial charge in [0.2, 0.25) is 0 Å². The Kier molecular flexibility index (Phi) is 5.47. The van der Waals surface area contributed by atoms with Gasteiger partial charge in [-0.1, -0.05) is 43.7 Å². The van der Waals surface area contributed by atoms with Crippen molar-refractivity contribution in [1.82, 2.24) is 0 Å². The van der Waals surface area contributed by atoms with Crippen LogP contribution in [-0.2, 0) is 9.53 Å². The molecule has 2 heteroatoms. The summed E-state index contributed by atoms with van der Waals surface area (Å²) in [6, 6.07) is 9.97. The maximum Gasteiger partial charge on any atom is 0.334 e. The van der Waals surface area contributed by atoms with Gasteiger partial charge in [0.25, 0.3) is 0 Å². The quantitative estimate of drug-likeness (QED) is 0.570. The third kappa shape index (κ3) is 3.74. The highest BCUT2D eigenvalue weighted by atomic mass is 16.5. The number of ether oxygens (including phenoxy) is 1. The summed E-state index contributed by atoms with van der Waals surface area (Å²) in [5, 5.41) is 0. The summed E-state index contributed by atoms with van der Waals surface area (Å²) in [5.41, 5.74) is 2.90. The van der Waals surface area contributed by atoms with Gasteiger partial charge in [0.05, 0.1) is 7.11 Å². The molecule has 2 nitrogen and oxygen atoms in total. The number of rotatable bonds is 5. The molecule has 0 atom stereocenters. The number of hydrogen-bond donors (Lipinski definition) is 0. The second-order valence-corrected chi connectivity index (χ2v) is 4.06. The van der Waals surface area contributed by atoms with Crippen LogP contribution in [0.4, 0.5) is 0 Å². The molecule has 1 aromatic carbocycles. The van der Waals surface area contributed by atoms with Crippen LogP contribution in [0, 0.1) is 0 Å². The number of carbonyl (C=O) groups is 1. The van der Waals surface area contributed by atoms with Crippen LogP contribution in [0.5, 0.6) is 0 Å². The van der Waals surface area contributed by atoms with Crippen molar-refractivity contribution in [2.24, 2.45) is 0 Å². The summed E-state index contributed by atoms with van der Waals surface area (Å²) in [4.78, 5) is 11.8. The van der Waals surface area contributed by atoms with E-state index < -0.39 is 0 Å². The van der Waals surface area contributed by atoms with E-state index in [4.69, 9.17) is 4.74 Å². The highest BCUT2D eigenvalue weighted by molar-refractivity contribution is 5.97. The number of carbonyl (C=O) groups excluding carboxylic acids is 1. The predicted octanol–water partition coefficient (Wildman–Crippen LogP) is 3.82. The molecule has 92 valence electrons. The topological polar surface area (TPSA) is 26.3 Å². The van der Waals surface area contributed by atoms with Crippen LogP contribution in [0.1, 0.15) is 38.7 Å². The first-order chi connectivity index (χ1) is 8.20. The highest BCUT2D eigenvalue weighted by Gasteiger charge is 2.13. The summed E-state index contributed by atoms with van der Waals surface area (Å²) in [5.74, 6) is -0.209. The molecule has 0 saturated heterocycles. The molecule has 0 fully saturated rings. The first-order valence-electron chi connectivity index (χ1n) is 6.04. The fourth-order valence-corrected chi connectivity index (χ4v) is 1.78. The molecule has 1 rings (SSSR count). The number of unbranched alkanes of at least 4 members (excludes halogenated alkanes) is 1. The van der Waals surface area contributed by atoms with E-state index in [2.05, 4.69) is 6.92 Å². The minimum Gasteiger partial charge on any atom is -0.466 e. The van der Waals surface area contributed by atoms with Crippen LogP contribution in [0.25, 0.3) is 5.57 Å². The standard InChI is InChI=1S/C15H20O2/c1-4-5-11-14(15(16)17-3)12(2)13-9-7-6-8-10-13/h6-10H,4-5,11H2,1-3H3/b14-12+. The number of methoxy groups -OCH3 is 1. The van der Waals surface area contributed by atoms with Gasteiger partial charge in [-0.15, -0.1) is 0 Å². The smallest absolute Gasteiger partial charge is 0.334 e. The summed E-state index contributed by atoms with van der Waals surface area (Å²) >= 11 is 0. The van der Waals surface area contributed by atoms with Crippen molar-refractivity contribution >= 4 is 11.5 Å². The van der Waals surface area contributed by atoms with E-state index in [1.807, 2.05) is 37.3 Å². The molecule has 0 aliphatic heterocycles. The van der Waals surface area contributed by atoms with Crippen molar-refractivity contribution < 1.29 is 9.53 Å². The minimum absolute atomic E-state index is 0.209. The zero-order valence-electron chi connectivity index (χ0n) is 10.8. The molecule has 0 heterocycles. The highest BCUT2D eigenvalue weighted by Crippen LogP contribution is 2.22. The minimum atomic E-state index is -0.209. The molecule has 0 amide bonds. The van der Waals surface area contributed by atoms with Crippen molar-refractivity contribution in [2.45, 2.75) is 33.1 Å². The third-order valence-corrected chi connectivity index (χ3v) is 2.87. The lowest BCUT2D eigenvalue weighted by molar-refractivity contribution is -0.136. The molecule has 0 aromatic heterocycles. The van der Waals surface area contributed by atoms with Crippen LogP contribution in [0.15, 0.2) is 35.9 Å². The number of esters is 1. The van der Waals surface area contributed by atoms with Gasteiger partial charge in [0.1, 0.15) is 0 Å². The Labute approximate surface area is 103 Å².